The Morgan fingerprint density at radius 3 is 1.50 bits per heavy atom. The number of hydrogen-bond acceptors (Lipinski definition) is 6. The Morgan fingerprint density at radius 1 is 0.938 bits per heavy atom. The maximum Gasteiger partial charge on any atom is 0.550 e. The Kier molecular flexibility index (Phi) is 6.42. The van der Waals surface area contributed by atoms with Crippen LogP contribution >= 0.6 is 0 Å². The summed E-state index contributed by atoms with van der Waals surface area (Å²) in [5.41, 5.74) is 0. The molecule has 0 radical (unpaired) electrons. The van der Waals surface area contributed by atoms with Gasteiger partial charge in [-0.25, -0.2) is 0 Å². The second-order valence-electron chi connectivity index (χ2n) is 2.78. The zero-order valence-electron chi connectivity index (χ0n) is 9.17. The minimum Gasteiger partial charge on any atom is -0.425 e. The third kappa shape index (κ3) is 6.47. The normalized spacial score (nSPS) is 12.9. The number of carbonyl (C=O) groups is 2. The first-order chi connectivity index (χ1) is 7.49. The van der Waals surface area contributed by atoms with E-state index in [1.165, 1.54) is 12.2 Å². The second kappa shape index (κ2) is 7.33. The molecule has 6 heteroatoms. The van der Waals surface area contributed by atoms with Gasteiger partial charge in [0.25, 0.3) is 0 Å². The maximum atomic E-state index is 10.8. The van der Waals surface area contributed by atoms with Gasteiger partial charge in [0.1, 0.15) is 12.2 Å². The molecule has 0 spiro atoms. The molecule has 0 aliphatic rings. The second-order valence-corrected chi connectivity index (χ2v) is 2.78. The van der Waals surface area contributed by atoms with Gasteiger partial charge in [0.2, 0.25) is 0 Å². The smallest absolute Gasteiger partial charge is 0.425 e. The number of ether oxygens (including phenoxy) is 2. The highest BCUT2D eigenvalue weighted by Gasteiger charge is 2.15. The van der Waals surface area contributed by atoms with Gasteiger partial charge in [-0.1, -0.05) is 25.3 Å². The third-order valence-electron chi connectivity index (χ3n) is 1.41. The molecular weight excluding hydrogens is 216 g/mol. The zero-order valence-corrected chi connectivity index (χ0v) is 9.17. The molecule has 0 bridgehead atoms. The molecule has 0 aromatic rings. The summed E-state index contributed by atoms with van der Waals surface area (Å²) in [6.07, 6.45) is -0.650. The molecule has 0 saturated carbocycles. The molecule has 0 saturated heterocycles. The summed E-state index contributed by atoms with van der Waals surface area (Å²) < 4.78 is 9.10. The van der Waals surface area contributed by atoms with E-state index in [9.17, 15) is 9.59 Å². The van der Waals surface area contributed by atoms with Crippen molar-refractivity contribution in [2.75, 3.05) is 0 Å². The van der Waals surface area contributed by atoms with Gasteiger partial charge in [0, 0.05) is 0 Å². The molecule has 0 fully saturated rings. The standard InChI is InChI=1S/C10H14O6/c1-5-7(3)13-9(11)15-16-10(12)14-8(4)6-2/h5-8H,1-2H2,3-4H3. The van der Waals surface area contributed by atoms with Gasteiger partial charge < -0.3 is 9.47 Å². The van der Waals surface area contributed by atoms with Crippen molar-refractivity contribution in [1.82, 2.24) is 0 Å². The number of hydrogen-bond donors (Lipinski definition) is 0. The molecule has 90 valence electrons. The summed E-state index contributed by atoms with van der Waals surface area (Å²) in [7, 11) is 0. The van der Waals surface area contributed by atoms with Crippen LogP contribution in [0, 0.1) is 0 Å². The van der Waals surface area contributed by atoms with E-state index in [4.69, 9.17) is 0 Å². The van der Waals surface area contributed by atoms with Crippen LogP contribution in [0.5, 0.6) is 0 Å². The summed E-state index contributed by atoms with van der Waals surface area (Å²) in [5, 5.41) is 0. The Labute approximate surface area is 93.4 Å². The van der Waals surface area contributed by atoms with Crippen LogP contribution in [0.4, 0.5) is 9.59 Å². The molecule has 2 unspecified atom stereocenters. The van der Waals surface area contributed by atoms with Gasteiger partial charge in [-0.15, -0.1) is 0 Å². The molecule has 2 atom stereocenters. The highest BCUT2D eigenvalue weighted by atomic mass is 17.3. The SMILES string of the molecule is C=CC(C)OC(=O)OOC(=O)OC(C)C=C. The van der Waals surface area contributed by atoms with Gasteiger partial charge in [-0.2, -0.15) is 19.4 Å². The van der Waals surface area contributed by atoms with Crippen molar-refractivity contribution in [1.29, 1.82) is 0 Å². The predicted molar refractivity (Wildman–Crippen MR) is 54.5 cm³/mol. The van der Waals surface area contributed by atoms with Crippen LogP contribution < -0.4 is 0 Å². The quantitative estimate of drug-likeness (QED) is 0.319. The van der Waals surface area contributed by atoms with Crippen LogP contribution in [0.15, 0.2) is 25.3 Å². The fourth-order valence-corrected chi connectivity index (χ4v) is 0.507. The Bertz CT molecular complexity index is 244. The molecule has 0 aromatic carbocycles. The van der Waals surface area contributed by atoms with Crippen molar-refractivity contribution in [3.63, 3.8) is 0 Å². The van der Waals surface area contributed by atoms with Crippen LogP contribution in [0.3, 0.4) is 0 Å². The number of carbonyl (C=O) groups excluding carboxylic acids is 2. The minimum atomic E-state index is -1.16. The van der Waals surface area contributed by atoms with Crippen molar-refractivity contribution in [2.45, 2.75) is 26.1 Å². The lowest BCUT2D eigenvalue weighted by molar-refractivity contribution is -0.221. The summed E-state index contributed by atoms with van der Waals surface area (Å²) in [6.45, 7) is 9.89. The van der Waals surface area contributed by atoms with Gasteiger partial charge in [0.05, 0.1) is 0 Å². The van der Waals surface area contributed by atoms with Crippen molar-refractivity contribution in [3.8, 4) is 0 Å². The fourth-order valence-electron chi connectivity index (χ4n) is 0.507. The Hall–Kier alpha value is -1.98. The molecular formula is C10H14O6. The molecule has 0 heterocycles. The first-order valence-electron chi connectivity index (χ1n) is 4.50. The van der Waals surface area contributed by atoms with E-state index in [2.05, 4.69) is 32.4 Å². The molecule has 0 aromatic heterocycles. The van der Waals surface area contributed by atoms with Crippen LogP contribution in [0.2, 0.25) is 0 Å². The average molecular weight is 230 g/mol. The lowest BCUT2D eigenvalue weighted by atomic mass is 10.4. The largest absolute Gasteiger partial charge is 0.550 e. The lowest BCUT2D eigenvalue weighted by Gasteiger charge is -2.09. The van der Waals surface area contributed by atoms with Gasteiger partial charge >= 0.3 is 12.3 Å². The van der Waals surface area contributed by atoms with Crippen molar-refractivity contribution in [3.05, 3.63) is 25.3 Å². The topological polar surface area (TPSA) is 71.1 Å². The van der Waals surface area contributed by atoms with Gasteiger partial charge in [-0.3, -0.25) is 0 Å². The molecule has 0 aliphatic heterocycles. The van der Waals surface area contributed by atoms with Crippen molar-refractivity contribution < 1.29 is 28.8 Å². The fraction of sp³-hybridized carbons (Fsp3) is 0.400. The summed E-state index contributed by atoms with van der Waals surface area (Å²) >= 11 is 0. The highest BCUT2D eigenvalue weighted by molar-refractivity contribution is 5.63. The van der Waals surface area contributed by atoms with E-state index in [-0.39, 0.29) is 0 Å². The van der Waals surface area contributed by atoms with E-state index < -0.39 is 24.5 Å². The predicted octanol–water partition coefficient (Wildman–Crippen LogP) is 2.36. The van der Waals surface area contributed by atoms with E-state index in [1.54, 1.807) is 13.8 Å². The first-order valence-corrected chi connectivity index (χ1v) is 4.50. The van der Waals surface area contributed by atoms with Gasteiger partial charge in [0.15, 0.2) is 0 Å². The van der Waals surface area contributed by atoms with Crippen LogP contribution in [0.25, 0.3) is 0 Å². The molecule has 0 N–H and O–H groups in total. The van der Waals surface area contributed by atoms with E-state index >= 15 is 0 Å². The lowest BCUT2D eigenvalue weighted by Crippen LogP contribution is -2.19. The van der Waals surface area contributed by atoms with Crippen LogP contribution in [-0.2, 0) is 19.2 Å². The van der Waals surface area contributed by atoms with E-state index in [0.29, 0.717) is 0 Å². The van der Waals surface area contributed by atoms with Gasteiger partial charge in [-0.05, 0) is 13.8 Å². The first kappa shape index (κ1) is 14.0. The minimum absolute atomic E-state index is 0.542. The average Bonchev–Trinajstić information content (AvgIpc) is 2.26. The van der Waals surface area contributed by atoms with Crippen LogP contribution in [0.1, 0.15) is 13.8 Å². The molecule has 0 aliphatic carbocycles. The van der Waals surface area contributed by atoms with Crippen molar-refractivity contribution >= 4 is 12.3 Å². The third-order valence-corrected chi connectivity index (χ3v) is 1.41. The maximum absolute atomic E-state index is 10.8. The highest BCUT2D eigenvalue weighted by Crippen LogP contribution is 1.99. The Balaban J connectivity index is 3.79. The number of rotatable bonds is 4. The summed E-state index contributed by atoms with van der Waals surface area (Å²) in [6, 6.07) is 0. The van der Waals surface area contributed by atoms with Crippen LogP contribution in [-0.4, -0.2) is 24.5 Å². The molecule has 16 heavy (non-hydrogen) atoms. The monoisotopic (exact) mass is 230 g/mol. The van der Waals surface area contributed by atoms with Crippen molar-refractivity contribution in [2.24, 2.45) is 0 Å². The molecule has 6 nitrogen and oxygen atoms in total. The Morgan fingerprint density at radius 2 is 1.25 bits per heavy atom. The summed E-state index contributed by atoms with van der Waals surface area (Å²) in [4.78, 5) is 29.7. The molecule has 0 rings (SSSR count). The van der Waals surface area contributed by atoms with E-state index in [0.717, 1.165) is 0 Å². The summed E-state index contributed by atoms with van der Waals surface area (Å²) in [5.74, 6) is 0. The molecule has 0 amide bonds. The zero-order chi connectivity index (χ0) is 12.6. The van der Waals surface area contributed by atoms with E-state index in [1.807, 2.05) is 0 Å².